The van der Waals surface area contributed by atoms with Gasteiger partial charge in [-0.15, -0.1) is 0 Å². The normalized spacial score (nSPS) is 14.1. The molecule has 0 bridgehead atoms. The van der Waals surface area contributed by atoms with E-state index >= 15 is 0 Å². The molecule has 0 saturated heterocycles. The fraction of sp³-hybridized carbons (Fsp3) is 0.333. The van der Waals surface area contributed by atoms with Crippen LogP contribution in [0.15, 0.2) is 35.4 Å². The van der Waals surface area contributed by atoms with E-state index in [-0.39, 0.29) is 18.1 Å². The van der Waals surface area contributed by atoms with E-state index in [9.17, 15) is 9.59 Å². The summed E-state index contributed by atoms with van der Waals surface area (Å²) in [5.41, 5.74) is 7.75. The van der Waals surface area contributed by atoms with Crippen LogP contribution >= 0.6 is 0 Å². The van der Waals surface area contributed by atoms with Gasteiger partial charge < -0.3 is 11.1 Å². The molecule has 1 amide bonds. The van der Waals surface area contributed by atoms with Crippen molar-refractivity contribution in [3.8, 4) is 0 Å². The zero-order valence-corrected chi connectivity index (χ0v) is 11.9. The number of benzene rings is 1. The lowest BCUT2D eigenvalue weighted by atomic mass is 10.1. The Hall–Kier alpha value is -2.50. The summed E-state index contributed by atoms with van der Waals surface area (Å²) in [6.45, 7) is 1.87. The fourth-order valence-electron chi connectivity index (χ4n) is 2.37. The number of aromatic nitrogens is 2. The van der Waals surface area contributed by atoms with Crippen molar-refractivity contribution < 1.29 is 4.79 Å². The van der Waals surface area contributed by atoms with E-state index in [1.165, 1.54) is 4.57 Å². The highest BCUT2D eigenvalue weighted by atomic mass is 16.2. The largest absolute Gasteiger partial charge is 0.397 e. The number of carbonyl (C=O) groups excluding carboxylic acids is 1. The van der Waals surface area contributed by atoms with Crippen LogP contribution in [0.25, 0.3) is 0 Å². The van der Waals surface area contributed by atoms with E-state index in [2.05, 4.69) is 5.32 Å². The van der Waals surface area contributed by atoms with Crippen LogP contribution < -0.4 is 16.7 Å². The maximum absolute atomic E-state index is 12.1. The Balaban J connectivity index is 1.73. The van der Waals surface area contributed by atoms with E-state index in [1.807, 2.05) is 19.1 Å². The van der Waals surface area contributed by atoms with Gasteiger partial charge in [-0.2, -0.15) is 0 Å². The molecule has 0 unspecified atom stereocenters. The Morgan fingerprint density at radius 1 is 1.38 bits per heavy atom. The van der Waals surface area contributed by atoms with Gasteiger partial charge in [0.15, 0.2) is 0 Å². The van der Waals surface area contributed by atoms with Gasteiger partial charge in [-0.05, 0) is 31.4 Å². The fourth-order valence-corrected chi connectivity index (χ4v) is 2.37. The van der Waals surface area contributed by atoms with Crippen molar-refractivity contribution >= 4 is 17.3 Å². The average Bonchev–Trinajstić information content (AvgIpc) is 3.21. The van der Waals surface area contributed by atoms with Crippen LogP contribution in [-0.2, 0) is 11.3 Å². The van der Waals surface area contributed by atoms with E-state index in [4.69, 9.17) is 5.73 Å². The molecule has 2 aromatic rings. The lowest BCUT2D eigenvalue weighted by molar-refractivity contribution is -0.116. The van der Waals surface area contributed by atoms with Crippen LogP contribution in [0.5, 0.6) is 0 Å². The first-order valence-electron chi connectivity index (χ1n) is 6.98. The zero-order chi connectivity index (χ0) is 15.0. The topological polar surface area (TPSA) is 82.0 Å². The SMILES string of the molecule is Cc1cccc(N)c1NC(=O)Cn1ccn(C2CC2)c1=O. The number of anilines is 2. The number of aryl methyl sites for hydroxylation is 1. The molecule has 6 nitrogen and oxygen atoms in total. The summed E-state index contributed by atoms with van der Waals surface area (Å²) in [6.07, 6.45) is 5.47. The summed E-state index contributed by atoms with van der Waals surface area (Å²) >= 11 is 0. The smallest absolute Gasteiger partial charge is 0.328 e. The van der Waals surface area contributed by atoms with Gasteiger partial charge in [-0.3, -0.25) is 13.9 Å². The number of nitrogen functional groups attached to an aromatic ring is 1. The molecule has 0 aliphatic heterocycles. The van der Waals surface area contributed by atoms with Crippen molar-refractivity contribution in [2.75, 3.05) is 11.1 Å². The Morgan fingerprint density at radius 2 is 2.14 bits per heavy atom. The van der Waals surface area contributed by atoms with E-state index in [1.54, 1.807) is 23.0 Å². The van der Waals surface area contributed by atoms with E-state index < -0.39 is 0 Å². The minimum absolute atomic E-state index is 0.00761. The van der Waals surface area contributed by atoms with Crippen LogP contribution in [0.3, 0.4) is 0 Å². The number of carbonyl (C=O) groups is 1. The molecule has 0 radical (unpaired) electrons. The molecule has 6 heteroatoms. The third-order valence-corrected chi connectivity index (χ3v) is 3.70. The molecular weight excluding hydrogens is 268 g/mol. The summed E-state index contributed by atoms with van der Waals surface area (Å²) in [4.78, 5) is 24.2. The zero-order valence-electron chi connectivity index (χ0n) is 11.9. The van der Waals surface area contributed by atoms with Crippen molar-refractivity contribution in [2.24, 2.45) is 0 Å². The van der Waals surface area contributed by atoms with Crippen LogP contribution in [0.4, 0.5) is 11.4 Å². The monoisotopic (exact) mass is 286 g/mol. The van der Waals surface area contributed by atoms with Gasteiger partial charge in [-0.1, -0.05) is 12.1 Å². The van der Waals surface area contributed by atoms with Crippen molar-refractivity contribution in [1.82, 2.24) is 9.13 Å². The molecular formula is C15H18N4O2. The molecule has 0 spiro atoms. The maximum atomic E-state index is 12.1. The number of rotatable bonds is 4. The highest BCUT2D eigenvalue weighted by Gasteiger charge is 2.25. The van der Waals surface area contributed by atoms with Crippen LogP contribution in [-0.4, -0.2) is 15.0 Å². The summed E-state index contributed by atoms with van der Waals surface area (Å²) in [6, 6.07) is 5.76. The summed E-state index contributed by atoms with van der Waals surface area (Å²) in [7, 11) is 0. The Labute approximate surface area is 122 Å². The second-order valence-corrected chi connectivity index (χ2v) is 5.43. The maximum Gasteiger partial charge on any atom is 0.328 e. The summed E-state index contributed by atoms with van der Waals surface area (Å²) in [5, 5.41) is 2.78. The van der Waals surface area contributed by atoms with Gasteiger partial charge in [-0.25, -0.2) is 4.79 Å². The molecule has 21 heavy (non-hydrogen) atoms. The molecule has 1 aromatic carbocycles. The molecule has 1 aliphatic carbocycles. The molecule has 1 aromatic heterocycles. The average molecular weight is 286 g/mol. The third-order valence-electron chi connectivity index (χ3n) is 3.70. The Morgan fingerprint density at radius 3 is 2.81 bits per heavy atom. The molecule has 1 heterocycles. The van der Waals surface area contributed by atoms with E-state index in [0.29, 0.717) is 17.4 Å². The van der Waals surface area contributed by atoms with Gasteiger partial charge >= 0.3 is 5.69 Å². The number of hydrogen-bond acceptors (Lipinski definition) is 3. The number of amides is 1. The second kappa shape index (κ2) is 5.12. The third kappa shape index (κ3) is 2.69. The minimum atomic E-state index is -0.258. The predicted molar refractivity (Wildman–Crippen MR) is 81.2 cm³/mol. The quantitative estimate of drug-likeness (QED) is 0.836. The first-order valence-corrected chi connectivity index (χ1v) is 6.98. The summed E-state index contributed by atoms with van der Waals surface area (Å²) < 4.78 is 3.11. The van der Waals surface area contributed by atoms with Gasteiger partial charge in [0.1, 0.15) is 6.54 Å². The Kier molecular flexibility index (Phi) is 3.29. The number of imidazole rings is 1. The lowest BCUT2D eigenvalue weighted by Gasteiger charge is -2.11. The van der Waals surface area contributed by atoms with Gasteiger partial charge in [0, 0.05) is 18.4 Å². The second-order valence-electron chi connectivity index (χ2n) is 5.43. The highest BCUT2D eigenvalue weighted by Crippen LogP contribution is 2.33. The molecule has 1 fully saturated rings. The van der Waals surface area contributed by atoms with Crippen molar-refractivity contribution in [3.63, 3.8) is 0 Å². The summed E-state index contributed by atoms with van der Waals surface area (Å²) in [5.74, 6) is -0.258. The number of nitrogens with one attached hydrogen (secondary N) is 1. The van der Waals surface area contributed by atoms with Crippen molar-refractivity contribution in [1.29, 1.82) is 0 Å². The van der Waals surface area contributed by atoms with Crippen molar-refractivity contribution in [2.45, 2.75) is 32.4 Å². The number of para-hydroxylation sites is 1. The highest BCUT2D eigenvalue weighted by molar-refractivity contribution is 5.94. The predicted octanol–water partition coefficient (Wildman–Crippen LogP) is 1.51. The Bertz CT molecular complexity index is 720. The molecule has 3 N–H and O–H groups in total. The van der Waals surface area contributed by atoms with Crippen LogP contribution in [0.2, 0.25) is 0 Å². The van der Waals surface area contributed by atoms with Gasteiger partial charge in [0.05, 0.1) is 11.4 Å². The lowest BCUT2D eigenvalue weighted by Crippen LogP contribution is -2.29. The first-order chi connectivity index (χ1) is 10.1. The van der Waals surface area contributed by atoms with Gasteiger partial charge in [0.25, 0.3) is 0 Å². The molecule has 110 valence electrons. The van der Waals surface area contributed by atoms with Crippen molar-refractivity contribution in [3.05, 3.63) is 46.6 Å². The minimum Gasteiger partial charge on any atom is -0.397 e. The van der Waals surface area contributed by atoms with Crippen LogP contribution in [0, 0.1) is 6.92 Å². The molecule has 1 saturated carbocycles. The number of nitrogens with zero attached hydrogens (tertiary/aromatic N) is 2. The molecule has 0 atom stereocenters. The van der Waals surface area contributed by atoms with Gasteiger partial charge in [0.2, 0.25) is 5.91 Å². The van der Waals surface area contributed by atoms with E-state index in [0.717, 1.165) is 18.4 Å². The number of hydrogen-bond donors (Lipinski definition) is 2. The van der Waals surface area contributed by atoms with Crippen LogP contribution in [0.1, 0.15) is 24.4 Å². The molecule has 1 aliphatic rings. The standard InChI is InChI=1S/C15H18N4O2/c1-10-3-2-4-12(16)14(10)17-13(20)9-18-7-8-19(15(18)21)11-5-6-11/h2-4,7-8,11H,5-6,9,16H2,1H3,(H,17,20). The number of nitrogens with two attached hydrogens (primary N) is 1. The molecule has 3 rings (SSSR count). The first kappa shape index (κ1) is 13.5.